The molecule has 0 aliphatic heterocycles. The minimum atomic E-state index is -0.420. The number of rotatable bonds is 7. The van der Waals surface area contributed by atoms with Crippen LogP contribution in [-0.4, -0.2) is 33.0 Å². The van der Waals surface area contributed by atoms with Crippen molar-refractivity contribution in [3.8, 4) is 11.4 Å². The van der Waals surface area contributed by atoms with Crippen molar-refractivity contribution in [1.29, 1.82) is 0 Å². The summed E-state index contributed by atoms with van der Waals surface area (Å²) < 4.78 is 4.69. The topological polar surface area (TPSA) is 89.9 Å². The van der Waals surface area contributed by atoms with Gasteiger partial charge in [0.1, 0.15) is 5.82 Å². The molecule has 0 unspecified atom stereocenters. The van der Waals surface area contributed by atoms with E-state index in [0.29, 0.717) is 12.4 Å². The number of hydrogen-bond donors (Lipinski definition) is 1. The standard InChI is InChI=1S/C29H27N5O2/c1-36-26(35)14-13-20-16-22(18-30-17-20)28-33-25-12-7-11-24(21-8-3-2-4-9-21)27(25)29(34-28)32-19-23-10-5-6-15-31-23/h2-3,5-6,8,10,12-18H,4,7,9,11,19H2,1H3,(H,32,33,34). The van der Waals surface area contributed by atoms with Crippen LogP contribution in [-0.2, 0) is 16.1 Å². The molecule has 0 saturated heterocycles. The number of pyridine rings is 2. The highest BCUT2D eigenvalue weighted by Gasteiger charge is 2.17. The van der Waals surface area contributed by atoms with E-state index in [1.165, 1.54) is 24.3 Å². The van der Waals surface area contributed by atoms with Crippen molar-refractivity contribution < 1.29 is 9.53 Å². The number of methoxy groups -OCH3 is 1. The number of esters is 1. The zero-order valence-electron chi connectivity index (χ0n) is 20.1. The van der Waals surface area contributed by atoms with Crippen LogP contribution in [0.4, 0.5) is 5.82 Å². The van der Waals surface area contributed by atoms with Gasteiger partial charge in [0.25, 0.3) is 0 Å². The fourth-order valence-corrected chi connectivity index (χ4v) is 4.41. The Hall–Kier alpha value is -4.39. The first kappa shape index (κ1) is 23.4. The predicted molar refractivity (Wildman–Crippen MR) is 141 cm³/mol. The number of fused-ring (bicyclic) bond motifs is 1. The summed E-state index contributed by atoms with van der Waals surface area (Å²) in [5.41, 5.74) is 5.12. The van der Waals surface area contributed by atoms with E-state index < -0.39 is 5.97 Å². The van der Waals surface area contributed by atoms with Crippen molar-refractivity contribution in [1.82, 2.24) is 19.9 Å². The summed E-state index contributed by atoms with van der Waals surface area (Å²) in [5.74, 6) is 0.946. The molecule has 2 aliphatic rings. The number of anilines is 1. The van der Waals surface area contributed by atoms with Gasteiger partial charge in [0.15, 0.2) is 5.82 Å². The second-order valence-electron chi connectivity index (χ2n) is 8.57. The van der Waals surface area contributed by atoms with Gasteiger partial charge in [0.05, 0.1) is 24.7 Å². The molecule has 0 fully saturated rings. The molecule has 7 heteroatoms. The fraction of sp³-hybridized carbons (Fsp3) is 0.207. The average molecular weight is 478 g/mol. The maximum Gasteiger partial charge on any atom is 0.330 e. The Morgan fingerprint density at radius 1 is 1.17 bits per heavy atom. The third-order valence-corrected chi connectivity index (χ3v) is 6.17. The Labute approximate surface area is 209 Å². The molecule has 2 aliphatic carbocycles. The van der Waals surface area contributed by atoms with Crippen molar-refractivity contribution in [2.45, 2.75) is 32.2 Å². The zero-order valence-corrected chi connectivity index (χ0v) is 20.1. The molecule has 0 atom stereocenters. The highest BCUT2D eigenvalue weighted by atomic mass is 16.5. The number of carbonyl (C=O) groups excluding carboxylic acids is 1. The van der Waals surface area contributed by atoms with Gasteiger partial charge in [0, 0.05) is 35.4 Å². The molecule has 3 heterocycles. The van der Waals surface area contributed by atoms with Crippen molar-refractivity contribution in [3.05, 3.63) is 94.6 Å². The maximum absolute atomic E-state index is 11.5. The number of aromatic nitrogens is 4. The van der Waals surface area contributed by atoms with Crippen molar-refractivity contribution in [2.24, 2.45) is 0 Å². The Bertz CT molecular complexity index is 1490. The molecule has 0 spiro atoms. The Morgan fingerprint density at radius 3 is 2.92 bits per heavy atom. The molecule has 7 nitrogen and oxygen atoms in total. The molecular weight excluding hydrogens is 450 g/mol. The van der Waals surface area contributed by atoms with Gasteiger partial charge >= 0.3 is 5.97 Å². The summed E-state index contributed by atoms with van der Waals surface area (Å²) in [6.45, 7) is 0.552. The van der Waals surface area contributed by atoms with E-state index in [0.717, 1.165) is 58.9 Å². The highest BCUT2D eigenvalue weighted by Crippen LogP contribution is 2.26. The van der Waals surface area contributed by atoms with Gasteiger partial charge in [-0.1, -0.05) is 30.4 Å². The first-order valence-corrected chi connectivity index (χ1v) is 12.0. The number of nitrogens with zero attached hydrogens (tertiary/aromatic N) is 4. The van der Waals surface area contributed by atoms with Gasteiger partial charge in [-0.15, -0.1) is 0 Å². The maximum atomic E-state index is 11.5. The number of carbonyl (C=O) groups is 1. The third kappa shape index (κ3) is 5.30. The highest BCUT2D eigenvalue weighted by molar-refractivity contribution is 5.87. The fourth-order valence-electron chi connectivity index (χ4n) is 4.41. The van der Waals surface area contributed by atoms with Gasteiger partial charge in [-0.25, -0.2) is 14.8 Å². The van der Waals surface area contributed by atoms with Crippen molar-refractivity contribution in [2.75, 3.05) is 12.4 Å². The zero-order chi connectivity index (χ0) is 24.7. The molecule has 3 aromatic heterocycles. The van der Waals surface area contributed by atoms with Crippen LogP contribution in [0.3, 0.4) is 0 Å². The van der Waals surface area contributed by atoms with E-state index >= 15 is 0 Å². The summed E-state index contributed by atoms with van der Waals surface area (Å²) in [6, 6.07) is 7.80. The van der Waals surface area contributed by atoms with Gasteiger partial charge in [-0.2, -0.15) is 0 Å². The molecule has 0 bridgehead atoms. The van der Waals surface area contributed by atoms with Gasteiger partial charge in [-0.05, 0) is 66.7 Å². The number of ether oxygens (including phenoxy) is 1. The van der Waals surface area contributed by atoms with E-state index in [2.05, 4.69) is 44.3 Å². The van der Waals surface area contributed by atoms with Crippen LogP contribution >= 0.6 is 0 Å². The van der Waals surface area contributed by atoms with Crippen LogP contribution in [0.1, 0.15) is 36.9 Å². The average Bonchev–Trinajstić information content (AvgIpc) is 2.95. The molecule has 1 N–H and O–H groups in total. The monoisotopic (exact) mass is 477 g/mol. The lowest BCUT2D eigenvalue weighted by Gasteiger charge is -2.19. The summed E-state index contributed by atoms with van der Waals surface area (Å²) >= 11 is 0. The van der Waals surface area contributed by atoms with Crippen molar-refractivity contribution >= 4 is 29.5 Å². The molecule has 3 aromatic rings. The summed E-state index contributed by atoms with van der Waals surface area (Å²) in [4.78, 5) is 30.2. The smallest absolute Gasteiger partial charge is 0.330 e. The van der Waals surface area contributed by atoms with E-state index in [4.69, 9.17) is 9.97 Å². The minimum absolute atomic E-state index is 0.420. The quantitative estimate of drug-likeness (QED) is 0.410. The summed E-state index contributed by atoms with van der Waals surface area (Å²) in [7, 11) is 1.35. The van der Waals surface area contributed by atoms with Crippen LogP contribution in [0, 0.1) is 0 Å². The second kappa shape index (κ2) is 10.9. The minimum Gasteiger partial charge on any atom is -0.466 e. The summed E-state index contributed by atoms with van der Waals surface area (Å²) in [5, 5.41) is 5.53. The molecule has 180 valence electrons. The van der Waals surface area contributed by atoms with Gasteiger partial charge in [-0.3, -0.25) is 9.97 Å². The van der Waals surface area contributed by atoms with Crippen LogP contribution in [0.25, 0.3) is 29.1 Å². The van der Waals surface area contributed by atoms with Crippen LogP contribution in [0.15, 0.2) is 72.7 Å². The number of nitrogens with one attached hydrogen (secondary N) is 1. The third-order valence-electron chi connectivity index (χ3n) is 6.17. The molecule has 0 aromatic carbocycles. The molecular formula is C29H27N5O2. The molecule has 5 rings (SSSR count). The Morgan fingerprint density at radius 2 is 2.11 bits per heavy atom. The molecule has 0 saturated carbocycles. The summed E-state index contributed by atoms with van der Waals surface area (Å²) in [6.07, 6.45) is 20.9. The number of hydrogen-bond acceptors (Lipinski definition) is 7. The predicted octanol–water partition coefficient (Wildman–Crippen LogP) is 3.73. The van der Waals surface area contributed by atoms with Crippen LogP contribution in [0.2, 0.25) is 0 Å². The lowest BCUT2D eigenvalue weighted by atomic mass is 9.90. The normalized spacial score (nSPS) is 14.7. The molecule has 36 heavy (non-hydrogen) atoms. The lowest BCUT2D eigenvalue weighted by Crippen LogP contribution is -2.37. The first-order valence-electron chi connectivity index (χ1n) is 12.0. The SMILES string of the molecule is COC(=O)C=Cc1cncc(-c2nc(NCc3ccccn3)c3c(n2)=CCCC=3C2=CC=CCC2)c1. The van der Waals surface area contributed by atoms with E-state index in [1.54, 1.807) is 24.7 Å². The molecule has 0 amide bonds. The Balaban J connectivity index is 1.62. The lowest BCUT2D eigenvalue weighted by molar-refractivity contribution is -0.134. The van der Waals surface area contributed by atoms with Gasteiger partial charge < -0.3 is 10.1 Å². The number of allylic oxidation sites excluding steroid dienone is 4. The van der Waals surface area contributed by atoms with E-state index in [1.807, 2.05) is 24.3 Å². The van der Waals surface area contributed by atoms with E-state index in [9.17, 15) is 4.79 Å². The largest absolute Gasteiger partial charge is 0.466 e. The van der Waals surface area contributed by atoms with Crippen LogP contribution in [0.5, 0.6) is 0 Å². The van der Waals surface area contributed by atoms with E-state index in [-0.39, 0.29) is 0 Å². The first-order chi connectivity index (χ1) is 17.7. The second-order valence-corrected chi connectivity index (χ2v) is 8.57. The van der Waals surface area contributed by atoms with Crippen molar-refractivity contribution in [3.63, 3.8) is 0 Å². The van der Waals surface area contributed by atoms with Gasteiger partial charge in [0.2, 0.25) is 0 Å². The Kier molecular flexibility index (Phi) is 7.07. The van der Waals surface area contributed by atoms with Crippen LogP contribution < -0.4 is 15.9 Å². The molecule has 0 radical (unpaired) electrons.